The molecule has 4 heteroatoms. The van der Waals surface area contributed by atoms with Crippen LogP contribution < -0.4 is 0 Å². The Balaban J connectivity index is 2.10. The van der Waals surface area contributed by atoms with Gasteiger partial charge in [-0.25, -0.2) is 0 Å². The summed E-state index contributed by atoms with van der Waals surface area (Å²) in [5.41, 5.74) is 3.39. The van der Waals surface area contributed by atoms with E-state index in [0.717, 1.165) is 17.5 Å². The zero-order chi connectivity index (χ0) is 16.6. The average Bonchev–Trinajstić information content (AvgIpc) is 2.71. The molecule has 0 spiro atoms. The van der Waals surface area contributed by atoms with Crippen molar-refractivity contribution in [2.75, 3.05) is 7.11 Å². The number of hydrogen-bond acceptors (Lipinski definition) is 4. The molecule has 1 aliphatic rings. The van der Waals surface area contributed by atoms with Crippen LogP contribution in [0.3, 0.4) is 0 Å². The summed E-state index contributed by atoms with van der Waals surface area (Å²) < 4.78 is 4.76. The average molecular weight is 310 g/mol. The smallest absolute Gasteiger partial charge is 0.312 e. The number of methoxy groups -OCH3 is 1. The fourth-order valence-electron chi connectivity index (χ4n) is 3.10. The summed E-state index contributed by atoms with van der Waals surface area (Å²) >= 11 is 0. The predicted octanol–water partition coefficient (Wildman–Crippen LogP) is 3.00. The van der Waals surface area contributed by atoms with Gasteiger partial charge in [0, 0.05) is 5.56 Å². The first-order valence-electron chi connectivity index (χ1n) is 7.59. The molecule has 0 aliphatic heterocycles. The van der Waals surface area contributed by atoms with Crippen molar-refractivity contribution >= 4 is 11.8 Å². The van der Waals surface area contributed by atoms with Crippen molar-refractivity contribution in [2.45, 2.75) is 25.7 Å². The number of carbonyl (C=O) groups excluding carboxylic acids is 2. The lowest BCUT2D eigenvalue weighted by atomic mass is 9.92. The Labute approximate surface area is 134 Å². The van der Waals surface area contributed by atoms with Gasteiger partial charge >= 0.3 is 5.97 Å². The fraction of sp³-hybridized carbons (Fsp3) is 0.263. The lowest BCUT2D eigenvalue weighted by Gasteiger charge is -2.14. The SMILES string of the molecule is COC(=O)C(C)c1cc(O)c2c(c1)CCc1ccccc1C2=O. The maximum Gasteiger partial charge on any atom is 0.312 e. The van der Waals surface area contributed by atoms with Crippen LogP contribution in [0.2, 0.25) is 0 Å². The minimum absolute atomic E-state index is 0.0741. The standard InChI is InChI=1S/C19H18O4/c1-11(19(22)23-2)14-9-13-8-7-12-5-3-4-6-15(12)18(21)17(13)16(20)10-14/h3-6,9-11,20H,7-8H2,1-2H3. The third-order valence-corrected chi connectivity index (χ3v) is 4.43. The summed E-state index contributed by atoms with van der Waals surface area (Å²) in [4.78, 5) is 24.5. The number of carbonyl (C=O) groups is 2. The quantitative estimate of drug-likeness (QED) is 0.866. The van der Waals surface area contributed by atoms with Crippen LogP contribution in [0.4, 0.5) is 0 Å². The lowest BCUT2D eigenvalue weighted by molar-refractivity contribution is -0.141. The van der Waals surface area contributed by atoms with E-state index in [0.29, 0.717) is 23.1 Å². The highest BCUT2D eigenvalue weighted by molar-refractivity contribution is 6.13. The third kappa shape index (κ3) is 2.61. The molecule has 4 nitrogen and oxygen atoms in total. The van der Waals surface area contributed by atoms with Gasteiger partial charge in [0.15, 0.2) is 5.78 Å². The molecule has 2 aromatic carbocycles. The molecule has 1 atom stereocenters. The number of hydrogen-bond donors (Lipinski definition) is 1. The molecule has 0 bridgehead atoms. The Morgan fingerprint density at radius 2 is 1.87 bits per heavy atom. The molecular weight excluding hydrogens is 292 g/mol. The second-order valence-corrected chi connectivity index (χ2v) is 5.81. The highest BCUT2D eigenvalue weighted by atomic mass is 16.5. The van der Waals surface area contributed by atoms with Crippen LogP contribution in [0.25, 0.3) is 0 Å². The van der Waals surface area contributed by atoms with Crippen LogP contribution in [0.1, 0.15) is 45.5 Å². The molecule has 3 rings (SSSR count). The van der Waals surface area contributed by atoms with Crippen molar-refractivity contribution in [1.82, 2.24) is 0 Å². The van der Waals surface area contributed by atoms with Gasteiger partial charge in [-0.3, -0.25) is 9.59 Å². The van der Waals surface area contributed by atoms with Crippen LogP contribution in [0.5, 0.6) is 5.75 Å². The summed E-state index contributed by atoms with van der Waals surface area (Å²) in [6, 6.07) is 10.8. The fourth-order valence-corrected chi connectivity index (χ4v) is 3.10. The van der Waals surface area contributed by atoms with Crippen molar-refractivity contribution in [1.29, 1.82) is 0 Å². The molecule has 1 N–H and O–H groups in total. The molecule has 1 aliphatic carbocycles. The van der Waals surface area contributed by atoms with Crippen molar-refractivity contribution in [3.05, 3.63) is 64.2 Å². The van der Waals surface area contributed by atoms with Crippen LogP contribution in [-0.2, 0) is 22.4 Å². The predicted molar refractivity (Wildman–Crippen MR) is 85.8 cm³/mol. The van der Waals surface area contributed by atoms with E-state index in [9.17, 15) is 14.7 Å². The Hall–Kier alpha value is -2.62. The molecule has 0 radical (unpaired) electrons. The zero-order valence-electron chi connectivity index (χ0n) is 13.1. The van der Waals surface area contributed by atoms with E-state index in [2.05, 4.69) is 0 Å². The van der Waals surface area contributed by atoms with E-state index in [1.807, 2.05) is 24.3 Å². The topological polar surface area (TPSA) is 63.6 Å². The molecule has 0 aromatic heterocycles. The summed E-state index contributed by atoms with van der Waals surface area (Å²) in [5, 5.41) is 10.4. The van der Waals surface area contributed by atoms with Gasteiger partial charge in [0.25, 0.3) is 0 Å². The number of rotatable bonds is 2. The molecule has 0 fully saturated rings. The molecule has 118 valence electrons. The third-order valence-electron chi connectivity index (χ3n) is 4.43. The minimum Gasteiger partial charge on any atom is -0.507 e. The summed E-state index contributed by atoms with van der Waals surface area (Å²) in [6.07, 6.45) is 1.37. The van der Waals surface area contributed by atoms with Crippen LogP contribution >= 0.6 is 0 Å². The number of aryl methyl sites for hydroxylation is 2. The second kappa shape index (κ2) is 5.88. The summed E-state index contributed by atoms with van der Waals surface area (Å²) in [7, 11) is 1.34. The largest absolute Gasteiger partial charge is 0.507 e. The van der Waals surface area contributed by atoms with Crippen molar-refractivity contribution < 1.29 is 19.4 Å². The number of fused-ring (bicyclic) bond motifs is 2. The second-order valence-electron chi connectivity index (χ2n) is 5.81. The van der Waals surface area contributed by atoms with E-state index in [1.165, 1.54) is 13.2 Å². The van der Waals surface area contributed by atoms with E-state index in [-0.39, 0.29) is 17.5 Å². The molecule has 0 heterocycles. The Morgan fingerprint density at radius 1 is 1.17 bits per heavy atom. The van der Waals surface area contributed by atoms with Gasteiger partial charge in [0.1, 0.15) is 5.75 Å². The van der Waals surface area contributed by atoms with E-state index in [4.69, 9.17) is 4.74 Å². The number of aromatic hydroxyl groups is 1. The highest BCUT2D eigenvalue weighted by Gasteiger charge is 2.26. The Kier molecular flexibility index (Phi) is 3.90. The van der Waals surface area contributed by atoms with Crippen LogP contribution in [0.15, 0.2) is 36.4 Å². The number of phenolic OH excluding ortho intramolecular Hbond substituents is 1. The maximum atomic E-state index is 12.8. The van der Waals surface area contributed by atoms with Gasteiger partial charge in [-0.1, -0.05) is 30.3 Å². The van der Waals surface area contributed by atoms with E-state index < -0.39 is 5.92 Å². The summed E-state index contributed by atoms with van der Waals surface area (Å²) in [5.74, 6) is -1.10. The minimum atomic E-state index is -0.489. The van der Waals surface area contributed by atoms with Crippen LogP contribution in [-0.4, -0.2) is 24.0 Å². The number of benzene rings is 2. The number of ketones is 1. The van der Waals surface area contributed by atoms with Crippen molar-refractivity contribution in [2.24, 2.45) is 0 Å². The first-order valence-corrected chi connectivity index (χ1v) is 7.59. The van der Waals surface area contributed by atoms with Gasteiger partial charge in [-0.15, -0.1) is 0 Å². The maximum absolute atomic E-state index is 12.8. The van der Waals surface area contributed by atoms with Gasteiger partial charge < -0.3 is 9.84 Å². The van der Waals surface area contributed by atoms with Crippen molar-refractivity contribution in [3.8, 4) is 5.75 Å². The van der Waals surface area contributed by atoms with Gasteiger partial charge in [0.2, 0.25) is 0 Å². The molecule has 23 heavy (non-hydrogen) atoms. The lowest BCUT2D eigenvalue weighted by Crippen LogP contribution is -2.12. The molecule has 0 amide bonds. The molecular formula is C19H18O4. The Bertz CT molecular complexity index is 792. The zero-order valence-corrected chi connectivity index (χ0v) is 13.1. The number of ether oxygens (including phenoxy) is 1. The normalized spacial score (nSPS) is 14.4. The Morgan fingerprint density at radius 3 is 2.61 bits per heavy atom. The van der Waals surface area contributed by atoms with E-state index in [1.54, 1.807) is 13.0 Å². The first-order chi connectivity index (χ1) is 11.0. The molecule has 1 unspecified atom stereocenters. The number of esters is 1. The highest BCUT2D eigenvalue weighted by Crippen LogP contribution is 2.33. The summed E-state index contributed by atoms with van der Waals surface area (Å²) in [6.45, 7) is 1.72. The number of phenols is 1. The monoisotopic (exact) mass is 310 g/mol. The molecule has 2 aromatic rings. The molecule has 0 saturated carbocycles. The van der Waals surface area contributed by atoms with Gasteiger partial charge in [-0.2, -0.15) is 0 Å². The van der Waals surface area contributed by atoms with Crippen molar-refractivity contribution in [3.63, 3.8) is 0 Å². The molecule has 0 saturated heterocycles. The van der Waals surface area contributed by atoms with Gasteiger partial charge in [0.05, 0.1) is 18.6 Å². The van der Waals surface area contributed by atoms with Crippen LogP contribution in [0, 0.1) is 0 Å². The first kappa shape index (κ1) is 15.3. The van der Waals surface area contributed by atoms with Gasteiger partial charge in [-0.05, 0) is 42.5 Å². The van der Waals surface area contributed by atoms with E-state index >= 15 is 0 Å².